The van der Waals surface area contributed by atoms with Crippen LogP contribution in [0.25, 0.3) is 0 Å². The van der Waals surface area contributed by atoms with Crippen molar-refractivity contribution in [1.82, 2.24) is 10.2 Å². The Morgan fingerprint density at radius 2 is 1.89 bits per heavy atom. The van der Waals surface area contributed by atoms with Gasteiger partial charge in [-0.05, 0) is 6.08 Å². The summed E-state index contributed by atoms with van der Waals surface area (Å²) in [5, 5.41) is 3.27. The number of halogens is 2. The van der Waals surface area contributed by atoms with Gasteiger partial charge in [0.05, 0.1) is 5.71 Å². The number of hydrogen-bond acceptors (Lipinski definition) is 4. The molecule has 2 aliphatic heterocycles. The maximum atomic E-state index is 11.9. The number of carbonyl (C=O) groups excluding carboxylic acids is 1. The van der Waals surface area contributed by atoms with Crippen LogP contribution in [0.15, 0.2) is 34.3 Å². The van der Waals surface area contributed by atoms with Gasteiger partial charge in [0.15, 0.2) is 0 Å². The first-order valence-corrected chi connectivity index (χ1v) is 5.86. The highest BCUT2D eigenvalue weighted by Crippen LogP contribution is 2.17. The normalized spacial score (nSPS) is 24.7. The van der Waals surface area contributed by atoms with E-state index in [1.54, 1.807) is 0 Å². The number of carbonyl (C=O) groups is 1. The minimum absolute atomic E-state index is 0. The monoisotopic (exact) mass is 302 g/mol. The molecule has 1 fully saturated rings. The molecule has 3 aliphatic rings. The first-order chi connectivity index (χ1) is 8.34. The van der Waals surface area contributed by atoms with Gasteiger partial charge in [0.1, 0.15) is 5.92 Å². The number of nitrogens with zero attached hydrogens (tertiary/aromatic N) is 3. The van der Waals surface area contributed by atoms with Gasteiger partial charge in [-0.3, -0.25) is 4.79 Å². The largest absolute Gasteiger partial charge is 0.338 e. The summed E-state index contributed by atoms with van der Waals surface area (Å²) in [5.41, 5.74) is 0.807. The molecular weight excluding hydrogens is 287 g/mol. The van der Waals surface area contributed by atoms with Gasteiger partial charge in [0.2, 0.25) is 5.96 Å². The van der Waals surface area contributed by atoms with E-state index in [9.17, 15) is 4.79 Å². The third-order valence-corrected chi connectivity index (χ3v) is 3.11. The lowest BCUT2D eigenvalue weighted by Gasteiger charge is -2.30. The number of hydrogen-bond donors (Lipinski definition) is 1. The van der Waals surface area contributed by atoms with Gasteiger partial charge >= 0.3 is 0 Å². The third-order valence-electron chi connectivity index (χ3n) is 3.11. The lowest BCUT2D eigenvalue weighted by Crippen LogP contribution is -2.47. The van der Waals surface area contributed by atoms with Crippen molar-refractivity contribution in [2.75, 3.05) is 26.2 Å². The average molecular weight is 303 g/mol. The molecule has 0 aromatic carbocycles. The first kappa shape index (κ1) is 15.9. The number of rotatable bonds is 0. The second-order valence-corrected chi connectivity index (χ2v) is 4.25. The predicted octanol–water partition coefficient (Wildman–Crippen LogP) is 0.815. The minimum Gasteiger partial charge on any atom is -0.338 e. The van der Waals surface area contributed by atoms with Crippen LogP contribution in [0.3, 0.4) is 0 Å². The maximum Gasteiger partial charge on any atom is 0.261 e. The fourth-order valence-corrected chi connectivity index (χ4v) is 2.16. The Balaban J connectivity index is 0.000000902. The molecule has 0 spiro atoms. The molecule has 0 aromatic rings. The van der Waals surface area contributed by atoms with Crippen LogP contribution in [0.1, 0.15) is 0 Å². The summed E-state index contributed by atoms with van der Waals surface area (Å²) in [4.78, 5) is 22.5. The second-order valence-electron chi connectivity index (χ2n) is 4.25. The lowest BCUT2D eigenvalue weighted by molar-refractivity contribution is -0.118. The fourth-order valence-electron chi connectivity index (χ4n) is 2.16. The van der Waals surface area contributed by atoms with Gasteiger partial charge in [-0.15, -0.1) is 24.8 Å². The standard InChI is InChI=1S/C12H14N4O.2ClH/c17-11-9-3-1-2-4-10(9)14-12(15-11)16-7-5-13-6-8-16;;/h1-4,9,13H,5-8H2;2*1H. The number of allylic oxidation sites excluding steroid dienone is 3. The molecule has 1 unspecified atom stereocenters. The third kappa shape index (κ3) is 3.23. The molecule has 2 heterocycles. The van der Waals surface area contributed by atoms with Crippen molar-refractivity contribution in [3.8, 4) is 0 Å². The SMILES string of the molecule is Cl.Cl.O=C1N=C(N2CCNCC2)N=C2C=CC=CC12. The highest BCUT2D eigenvalue weighted by atomic mass is 35.5. The van der Waals surface area contributed by atoms with Crippen LogP contribution in [0.4, 0.5) is 0 Å². The molecule has 3 rings (SSSR count). The van der Waals surface area contributed by atoms with E-state index in [1.807, 2.05) is 24.3 Å². The van der Waals surface area contributed by atoms with E-state index in [0.29, 0.717) is 5.96 Å². The molecule has 0 aromatic heterocycles. The molecule has 0 radical (unpaired) electrons. The van der Waals surface area contributed by atoms with E-state index in [0.717, 1.165) is 31.9 Å². The molecule has 1 amide bonds. The van der Waals surface area contributed by atoms with Crippen molar-refractivity contribution in [3.63, 3.8) is 0 Å². The van der Waals surface area contributed by atoms with E-state index in [4.69, 9.17) is 0 Å². The summed E-state index contributed by atoms with van der Waals surface area (Å²) in [6, 6.07) is 0. The lowest BCUT2D eigenvalue weighted by atomic mass is 9.97. The zero-order chi connectivity index (χ0) is 11.7. The van der Waals surface area contributed by atoms with Crippen LogP contribution in [0.5, 0.6) is 0 Å². The second kappa shape index (κ2) is 6.84. The number of amides is 1. The summed E-state index contributed by atoms with van der Waals surface area (Å²) < 4.78 is 0. The minimum atomic E-state index is -0.272. The van der Waals surface area contributed by atoms with E-state index in [-0.39, 0.29) is 36.6 Å². The molecule has 0 saturated carbocycles. The maximum absolute atomic E-state index is 11.9. The molecule has 1 N–H and O–H groups in total. The molecule has 0 bridgehead atoms. The van der Waals surface area contributed by atoms with Crippen molar-refractivity contribution in [2.45, 2.75) is 0 Å². The van der Waals surface area contributed by atoms with Gasteiger partial charge in [0.25, 0.3) is 5.91 Å². The van der Waals surface area contributed by atoms with Crippen LogP contribution < -0.4 is 5.32 Å². The topological polar surface area (TPSA) is 57.1 Å². The van der Waals surface area contributed by atoms with Crippen LogP contribution >= 0.6 is 24.8 Å². The zero-order valence-corrected chi connectivity index (χ0v) is 11.9. The van der Waals surface area contributed by atoms with Crippen LogP contribution in [0.2, 0.25) is 0 Å². The van der Waals surface area contributed by atoms with Crippen molar-refractivity contribution >= 4 is 42.4 Å². The predicted molar refractivity (Wildman–Crippen MR) is 80.6 cm³/mol. The van der Waals surface area contributed by atoms with E-state index in [1.165, 1.54) is 0 Å². The molecular formula is C12H16Cl2N4O. The Kier molecular flexibility index (Phi) is 5.72. The highest BCUT2D eigenvalue weighted by molar-refractivity contribution is 6.20. The highest BCUT2D eigenvalue weighted by Gasteiger charge is 2.28. The summed E-state index contributed by atoms with van der Waals surface area (Å²) in [7, 11) is 0. The molecule has 1 atom stereocenters. The number of nitrogens with one attached hydrogen (secondary N) is 1. The molecule has 7 heteroatoms. The molecule has 104 valence electrons. The van der Waals surface area contributed by atoms with Gasteiger partial charge in [-0.25, -0.2) is 4.99 Å². The van der Waals surface area contributed by atoms with Crippen molar-refractivity contribution < 1.29 is 4.79 Å². The number of aliphatic imine (C=N–C) groups is 2. The molecule has 1 aliphatic carbocycles. The van der Waals surface area contributed by atoms with Gasteiger partial charge in [-0.1, -0.05) is 18.2 Å². The number of piperazine rings is 1. The molecule has 1 saturated heterocycles. The zero-order valence-electron chi connectivity index (χ0n) is 10.3. The van der Waals surface area contributed by atoms with Crippen molar-refractivity contribution in [2.24, 2.45) is 15.9 Å². The van der Waals surface area contributed by atoms with E-state index in [2.05, 4.69) is 20.2 Å². The Labute approximate surface area is 124 Å². The Morgan fingerprint density at radius 1 is 1.16 bits per heavy atom. The molecule has 5 nitrogen and oxygen atoms in total. The first-order valence-electron chi connectivity index (χ1n) is 5.86. The average Bonchev–Trinajstić information content (AvgIpc) is 2.40. The Hall–Kier alpha value is -1.17. The van der Waals surface area contributed by atoms with Crippen LogP contribution in [-0.4, -0.2) is 48.7 Å². The van der Waals surface area contributed by atoms with Crippen LogP contribution in [0, 0.1) is 5.92 Å². The van der Waals surface area contributed by atoms with E-state index < -0.39 is 0 Å². The molecule has 19 heavy (non-hydrogen) atoms. The van der Waals surface area contributed by atoms with Gasteiger partial charge < -0.3 is 10.2 Å². The Bertz CT molecular complexity index is 464. The summed E-state index contributed by atoms with van der Waals surface area (Å²) in [5.74, 6) is 0.193. The fraction of sp³-hybridized carbons (Fsp3) is 0.417. The quantitative estimate of drug-likeness (QED) is 0.720. The summed E-state index contributed by atoms with van der Waals surface area (Å²) in [6.07, 6.45) is 7.51. The van der Waals surface area contributed by atoms with Gasteiger partial charge in [-0.2, -0.15) is 4.99 Å². The van der Waals surface area contributed by atoms with Crippen molar-refractivity contribution in [3.05, 3.63) is 24.3 Å². The van der Waals surface area contributed by atoms with Crippen LogP contribution in [-0.2, 0) is 4.79 Å². The number of fused-ring (bicyclic) bond motifs is 1. The Morgan fingerprint density at radius 3 is 2.63 bits per heavy atom. The summed E-state index contributed by atoms with van der Waals surface area (Å²) in [6.45, 7) is 3.54. The van der Waals surface area contributed by atoms with Crippen molar-refractivity contribution in [1.29, 1.82) is 0 Å². The summed E-state index contributed by atoms with van der Waals surface area (Å²) >= 11 is 0. The van der Waals surface area contributed by atoms with Gasteiger partial charge in [0, 0.05) is 26.2 Å². The van der Waals surface area contributed by atoms with E-state index >= 15 is 0 Å². The number of guanidine groups is 1. The smallest absolute Gasteiger partial charge is 0.261 e.